The maximum Gasteiger partial charge on any atom is 0.306 e. The maximum atomic E-state index is 11.0. The van der Waals surface area contributed by atoms with E-state index < -0.39 is 10.1 Å². The molecular weight excluding hydrogens is 228 g/mol. The predicted molar refractivity (Wildman–Crippen MR) is 63.8 cm³/mol. The van der Waals surface area contributed by atoms with Crippen molar-refractivity contribution in [2.24, 2.45) is 4.99 Å². The van der Waals surface area contributed by atoms with E-state index in [4.69, 9.17) is 4.18 Å². The lowest BCUT2D eigenvalue weighted by Gasteiger charge is -2.07. The van der Waals surface area contributed by atoms with Crippen LogP contribution in [0.15, 0.2) is 29.3 Å². The Morgan fingerprint density at radius 2 is 1.94 bits per heavy atom. The van der Waals surface area contributed by atoms with Gasteiger partial charge in [-0.15, -0.1) is 0 Å². The smallest absolute Gasteiger partial charge is 0.306 e. The van der Waals surface area contributed by atoms with Crippen molar-refractivity contribution in [3.63, 3.8) is 0 Å². The van der Waals surface area contributed by atoms with E-state index in [0.29, 0.717) is 5.69 Å². The van der Waals surface area contributed by atoms with Crippen LogP contribution in [0, 0.1) is 0 Å². The van der Waals surface area contributed by atoms with E-state index in [1.807, 2.05) is 14.1 Å². The van der Waals surface area contributed by atoms with Crippen LogP contribution < -0.4 is 4.18 Å². The Hall–Kier alpha value is -1.56. The molecule has 0 saturated carbocycles. The van der Waals surface area contributed by atoms with Gasteiger partial charge in [0.15, 0.2) is 5.75 Å². The second kappa shape index (κ2) is 4.98. The van der Waals surface area contributed by atoms with Crippen molar-refractivity contribution < 1.29 is 12.6 Å². The Balaban J connectivity index is 3.01. The fraction of sp³-hybridized carbons (Fsp3) is 0.300. The topological polar surface area (TPSA) is 59.0 Å². The highest BCUT2D eigenvalue weighted by Crippen LogP contribution is 2.27. The van der Waals surface area contributed by atoms with Gasteiger partial charge in [-0.3, -0.25) is 0 Å². The van der Waals surface area contributed by atoms with Gasteiger partial charge < -0.3 is 9.08 Å². The molecule has 0 unspecified atom stereocenters. The lowest BCUT2D eigenvalue weighted by molar-refractivity contribution is 0.493. The first kappa shape index (κ1) is 12.5. The zero-order valence-electron chi connectivity index (χ0n) is 9.41. The molecule has 0 aromatic heterocycles. The van der Waals surface area contributed by atoms with E-state index in [-0.39, 0.29) is 5.75 Å². The molecule has 0 radical (unpaired) electrons. The first-order valence-corrected chi connectivity index (χ1v) is 6.39. The number of nitrogens with zero attached hydrogens (tertiary/aromatic N) is 2. The summed E-state index contributed by atoms with van der Waals surface area (Å²) in [5, 5.41) is 0. The summed E-state index contributed by atoms with van der Waals surface area (Å²) in [5.41, 5.74) is 0.474. The van der Waals surface area contributed by atoms with Gasteiger partial charge in [0.05, 0.1) is 12.6 Å². The monoisotopic (exact) mass is 242 g/mol. The second-order valence-corrected chi connectivity index (χ2v) is 5.04. The molecule has 0 N–H and O–H groups in total. The van der Waals surface area contributed by atoms with Gasteiger partial charge in [0, 0.05) is 14.1 Å². The van der Waals surface area contributed by atoms with Gasteiger partial charge in [-0.1, -0.05) is 12.1 Å². The molecule has 0 bridgehead atoms. The van der Waals surface area contributed by atoms with Crippen molar-refractivity contribution >= 4 is 22.1 Å². The summed E-state index contributed by atoms with van der Waals surface area (Å²) in [6, 6.07) is 6.69. The average Bonchev–Trinajstić information content (AvgIpc) is 2.14. The Labute approximate surface area is 95.5 Å². The van der Waals surface area contributed by atoms with Crippen LogP contribution in [0.1, 0.15) is 0 Å². The van der Waals surface area contributed by atoms with E-state index in [2.05, 4.69) is 4.99 Å². The summed E-state index contributed by atoms with van der Waals surface area (Å²) in [5.74, 6) is 0.225. The molecule has 0 heterocycles. The molecule has 5 nitrogen and oxygen atoms in total. The molecule has 88 valence electrons. The Kier molecular flexibility index (Phi) is 3.89. The Bertz CT molecular complexity index is 481. The number of hydrogen-bond acceptors (Lipinski definition) is 4. The summed E-state index contributed by atoms with van der Waals surface area (Å²) in [7, 11) is 0.120. The zero-order chi connectivity index (χ0) is 12.2. The van der Waals surface area contributed by atoms with E-state index in [9.17, 15) is 8.42 Å². The van der Waals surface area contributed by atoms with Crippen molar-refractivity contribution in [2.45, 2.75) is 0 Å². The summed E-state index contributed by atoms with van der Waals surface area (Å²) in [6.07, 6.45) is 2.57. The lowest BCUT2D eigenvalue weighted by atomic mass is 10.3. The lowest BCUT2D eigenvalue weighted by Crippen LogP contribution is -2.08. The van der Waals surface area contributed by atoms with Crippen LogP contribution in [-0.2, 0) is 10.1 Å². The van der Waals surface area contributed by atoms with Crippen molar-refractivity contribution in [1.29, 1.82) is 0 Å². The van der Waals surface area contributed by atoms with E-state index in [1.165, 1.54) is 0 Å². The second-order valence-electron chi connectivity index (χ2n) is 3.46. The first-order chi connectivity index (χ1) is 7.38. The van der Waals surface area contributed by atoms with Crippen LogP contribution in [0.2, 0.25) is 0 Å². The molecule has 1 aromatic carbocycles. The van der Waals surface area contributed by atoms with Crippen molar-refractivity contribution in [1.82, 2.24) is 4.90 Å². The largest absolute Gasteiger partial charge is 0.380 e. The first-order valence-electron chi connectivity index (χ1n) is 4.57. The molecular formula is C10H14N2O3S. The number of hydrogen-bond donors (Lipinski definition) is 0. The Morgan fingerprint density at radius 1 is 1.31 bits per heavy atom. The normalized spacial score (nSPS) is 11.7. The van der Waals surface area contributed by atoms with E-state index in [1.54, 1.807) is 35.5 Å². The van der Waals surface area contributed by atoms with Gasteiger partial charge in [0.1, 0.15) is 5.69 Å². The molecule has 0 aliphatic heterocycles. The van der Waals surface area contributed by atoms with Crippen LogP contribution in [0.4, 0.5) is 5.69 Å². The summed E-state index contributed by atoms with van der Waals surface area (Å²) >= 11 is 0. The maximum absolute atomic E-state index is 11.0. The van der Waals surface area contributed by atoms with Gasteiger partial charge >= 0.3 is 10.1 Å². The molecule has 0 fully saturated rings. The van der Waals surface area contributed by atoms with Crippen LogP contribution in [0.3, 0.4) is 0 Å². The molecule has 0 saturated heterocycles. The van der Waals surface area contributed by atoms with Crippen LogP contribution in [0.5, 0.6) is 5.75 Å². The van der Waals surface area contributed by atoms with Gasteiger partial charge in [-0.05, 0) is 12.1 Å². The quantitative estimate of drug-likeness (QED) is 0.453. The number of aliphatic imine (C=N–C) groups is 1. The zero-order valence-corrected chi connectivity index (χ0v) is 10.2. The highest BCUT2D eigenvalue weighted by molar-refractivity contribution is 7.86. The van der Waals surface area contributed by atoms with Crippen LogP contribution in [0.25, 0.3) is 0 Å². The van der Waals surface area contributed by atoms with E-state index >= 15 is 0 Å². The van der Waals surface area contributed by atoms with Gasteiger partial charge in [0.2, 0.25) is 0 Å². The molecule has 0 spiro atoms. The molecule has 0 aliphatic rings. The SMILES string of the molecule is CN(C)C=Nc1ccccc1OS(C)(=O)=O. The minimum Gasteiger partial charge on any atom is -0.380 e. The van der Waals surface area contributed by atoms with Gasteiger partial charge in [-0.25, -0.2) is 4.99 Å². The molecule has 1 aromatic rings. The molecule has 0 aliphatic carbocycles. The Morgan fingerprint density at radius 3 is 2.50 bits per heavy atom. The minimum absolute atomic E-state index is 0.225. The summed E-state index contributed by atoms with van der Waals surface area (Å²) < 4.78 is 26.8. The molecule has 16 heavy (non-hydrogen) atoms. The van der Waals surface area contributed by atoms with Crippen molar-refractivity contribution in [3.8, 4) is 5.75 Å². The highest BCUT2D eigenvalue weighted by Gasteiger charge is 2.07. The fourth-order valence-electron chi connectivity index (χ4n) is 0.975. The molecule has 6 heteroatoms. The van der Waals surface area contributed by atoms with Crippen LogP contribution in [-0.4, -0.2) is 40.0 Å². The molecule has 0 amide bonds. The number of rotatable bonds is 4. The number of benzene rings is 1. The predicted octanol–water partition coefficient (Wildman–Crippen LogP) is 1.25. The third-order valence-electron chi connectivity index (χ3n) is 1.53. The van der Waals surface area contributed by atoms with E-state index in [0.717, 1.165) is 6.26 Å². The van der Waals surface area contributed by atoms with Crippen molar-refractivity contribution in [2.75, 3.05) is 20.4 Å². The van der Waals surface area contributed by atoms with Crippen LogP contribution >= 0.6 is 0 Å². The summed E-state index contributed by atoms with van der Waals surface area (Å²) in [6.45, 7) is 0. The molecule has 0 atom stereocenters. The third kappa shape index (κ3) is 4.31. The van der Waals surface area contributed by atoms with Gasteiger partial charge in [-0.2, -0.15) is 8.42 Å². The standard InChI is InChI=1S/C10H14N2O3S/c1-12(2)8-11-9-6-4-5-7-10(9)15-16(3,13)14/h4-8H,1-3H3. The molecule has 1 rings (SSSR count). The fourth-order valence-corrected chi connectivity index (χ4v) is 1.44. The number of para-hydroxylation sites is 2. The average molecular weight is 242 g/mol. The summed E-state index contributed by atoms with van der Waals surface area (Å²) in [4.78, 5) is 5.85. The third-order valence-corrected chi connectivity index (χ3v) is 2.02. The van der Waals surface area contributed by atoms with Crippen molar-refractivity contribution in [3.05, 3.63) is 24.3 Å². The minimum atomic E-state index is -3.53. The highest BCUT2D eigenvalue weighted by atomic mass is 32.2. The van der Waals surface area contributed by atoms with Gasteiger partial charge in [0.25, 0.3) is 0 Å².